The third-order valence-electron chi connectivity index (χ3n) is 6.03. The highest BCUT2D eigenvalue weighted by Crippen LogP contribution is 2.27. The van der Waals surface area contributed by atoms with Crippen LogP contribution in [-0.4, -0.2) is 60.2 Å². The predicted octanol–water partition coefficient (Wildman–Crippen LogP) is 2.59. The largest absolute Gasteiger partial charge is 0.339 e. The second-order valence-electron chi connectivity index (χ2n) is 7.91. The molecule has 0 spiro atoms. The maximum atomic E-state index is 13.0. The van der Waals surface area contributed by atoms with Crippen LogP contribution in [0.25, 0.3) is 0 Å². The summed E-state index contributed by atoms with van der Waals surface area (Å²) in [6.07, 6.45) is 1.20. The lowest BCUT2D eigenvalue weighted by Crippen LogP contribution is -2.52. The van der Waals surface area contributed by atoms with Crippen molar-refractivity contribution in [1.82, 2.24) is 9.80 Å². The van der Waals surface area contributed by atoms with Crippen molar-refractivity contribution in [3.8, 4) is 0 Å². The molecule has 30 heavy (non-hydrogen) atoms. The van der Waals surface area contributed by atoms with Crippen LogP contribution >= 0.6 is 0 Å². The zero-order chi connectivity index (χ0) is 21.1. The lowest BCUT2D eigenvalue weighted by atomic mass is 10.1. The van der Waals surface area contributed by atoms with Crippen molar-refractivity contribution in [1.29, 1.82) is 0 Å². The number of nitrogens with zero attached hydrogens (tertiary/aromatic N) is 3. The van der Waals surface area contributed by atoms with Crippen molar-refractivity contribution >= 4 is 23.4 Å². The Hall–Kier alpha value is -3.15. The van der Waals surface area contributed by atoms with Gasteiger partial charge in [-0.25, -0.2) is 0 Å². The van der Waals surface area contributed by atoms with E-state index in [2.05, 4.69) is 6.92 Å². The quantitative estimate of drug-likeness (QED) is 0.786. The van der Waals surface area contributed by atoms with Crippen LogP contribution in [0.4, 0.5) is 5.69 Å². The Bertz CT molecular complexity index is 918. The van der Waals surface area contributed by atoms with E-state index in [4.69, 9.17) is 0 Å². The first-order valence-corrected chi connectivity index (χ1v) is 10.6. The fourth-order valence-corrected chi connectivity index (χ4v) is 4.19. The Morgan fingerprint density at radius 3 is 2.17 bits per heavy atom. The Labute approximate surface area is 177 Å². The van der Waals surface area contributed by atoms with Crippen molar-refractivity contribution in [2.45, 2.75) is 19.8 Å². The maximum absolute atomic E-state index is 13.0. The number of hydrogen-bond acceptors (Lipinski definition) is 3. The molecular weight excluding hydrogens is 378 g/mol. The minimum atomic E-state index is -0.320. The van der Waals surface area contributed by atoms with Crippen molar-refractivity contribution in [3.05, 3.63) is 65.7 Å². The van der Waals surface area contributed by atoms with Gasteiger partial charge in [0.2, 0.25) is 11.8 Å². The highest BCUT2D eigenvalue weighted by atomic mass is 16.2. The van der Waals surface area contributed by atoms with E-state index >= 15 is 0 Å². The Kier molecular flexibility index (Phi) is 5.84. The molecule has 1 atom stereocenters. The van der Waals surface area contributed by atoms with Gasteiger partial charge in [-0.3, -0.25) is 14.4 Å². The highest BCUT2D eigenvalue weighted by Gasteiger charge is 2.38. The van der Waals surface area contributed by atoms with Crippen LogP contribution in [0, 0.1) is 5.92 Å². The number of piperazine rings is 1. The van der Waals surface area contributed by atoms with Gasteiger partial charge in [0.15, 0.2) is 0 Å². The van der Waals surface area contributed by atoms with Gasteiger partial charge in [0.1, 0.15) is 0 Å². The molecule has 3 amide bonds. The van der Waals surface area contributed by atoms with E-state index in [1.165, 1.54) is 5.56 Å². The zero-order valence-electron chi connectivity index (χ0n) is 17.3. The topological polar surface area (TPSA) is 60.9 Å². The van der Waals surface area contributed by atoms with Crippen LogP contribution in [0.15, 0.2) is 54.6 Å². The normalized spacial score (nSPS) is 19.3. The summed E-state index contributed by atoms with van der Waals surface area (Å²) in [6, 6.07) is 17.2. The SMILES string of the molecule is CCc1ccc(N2C[C@H](C(=O)N3CCN(C(=O)c4ccccc4)CC3)CC2=O)cc1. The summed E-state index contributed by atoms with van der Waals surface area (Å²) in [7, 11) is 0. The van der Waals surface area contributed by atoms with Gasteiger partial charge >= 0.3 is 0 Å². The van der Waals surface area contributed by atoms with Crippen LogP contribution in [0.2, 0.25) is 0 Å². The summed E-state index contributed by atoms with van der Waals surface area (Å²) in [5.74, 6) is -0.307. The van der Waals surface area contributed by atoms with Gasteiger partial charge in [0.25, 0.3) is 5.91 Å². The van der Waals surface area contributed by atoms with E-state index < -0.39 is 0 Å². The molecule has 2 aliphatic rings. The molecule has 0 aromatic heterocycles. The number of benzene rings is 2. The first-order chi connectivity index (χ1) is 14.6. The van der Waals surface area contributed by atoms with E-state index in [9.17, 15) is 14.4 Å². The van der Waals surface area contributed by atoms with Gasteiger partial charge in [-0.05, 0) is 36.2 Å². The summed E-state index contributed by atoms with van der Waals surface area (Å²) in [5.41, 5.74) is 2.75. The maximum Gasteiger partial charge on any atom is 0.253 e. The number of carbonyl (C=O) groups excluding carboxylic acids is 3. The molecule has 0 aliphatic carbocycles. The fraction of sp³-hybridized carbons (Fsp3) is 0.375. The highest BCUT2D eigenvalue weighted by molar-refractivity contribution is 6.00. The Morgan fingerprint density at radius 2 is 1.53 bits per heavy atom. The van der Waals surface area contributed by atoms with E-state index in [0.717, 1.165) is 12.1 Å². The standard InChI is InChI=1S/C24H27N3O3/c1-2-18-8-10-21(11-9-18)27-17-20(16-22(27)28)24(30)26-14-12-25(13-15-26)23(29)19-6-4-3-5-7-19/h3-11,20H,2,12-17H2,1H3/t20-/m1/s1. The molecule has 2 saturated heterocycles. The molecular formula is C24H27N3O3. The molecule has 0 saturated carbocycles. The summed E-state index contributed by atoms with van der Waals surface area (Å²) >= 11 is 0. The van der Waals surface area contributed by atoms with Crippen molar-refractivity contribution in [3.63, 3.8) is 0 Å². The molecule has 0 radical (unpaired) electrons. The van der Waals surface area contributed by atoms with Gasteiger partial charge in [0, 0.05) is 50.4 Å². The third-order valence-corrected chi connectivity index (χ3v) is 6.03. The van der Waals surface area contributed by atoms with Crippen LogP contribution in [-0.2, 0) is 16.0 Å². The molecule has 2 aliphatic heterocycles. The van der Waals surface area contributed by atoms with Crippen LogP contribution in [0.5, 0.6) is 0 Å². The van der Waals surface area contributed by atoms with Crippen LogP contribution in [0.3, 0.4) is 0 Å². The number of aryl methyl sites for hydroxylation is 1. The number of amides is 3. The smallest absolute Gasteiger partial charge is 0.253 e. The lowest BCUT2D eigenvalue weighted by Gasteiger charge is -2.36. The molecule has 6 nitrogen and oxygen atoms in total. The zero-order valence-corrected chi connectivity index (χ0v) is 17.3. The average Bonchev–Trinajstić information content (AvgIpc) is 3.20. The van der Waals surface area contributed by atoms with Crippen molar-refractivity contribution in [2.75, 3.05) is 37.6 Å². The molecule has 6 heteroatoms. The molecule has 156 valence electrons. The van der Waals surface area contributed by atoms with Crippen molar-refractivity contribution in [2.24, 2.45) is 5.92 Å². The third kappa shape index (κ3) is 4.08. The monoisotopic (exact) mass is 405 g/mol. The fourth-order valence-electron chi connectivity index (χ4n) is 4.19. The van der Waals surface area contributed by atoms with Gasteiger partial charge in [0.05, 0.1) is 5.92 Å². The number of hydrogen-bond donors (Lipinski definition) is 0. The average molecular weight is 405 g/mol. The molecule has 4 rings (SSSR count). The molecule has 2 aromatic carbocycles. The van der Waals surface area contributed by atoms with Crippen molar-refractivity contribution < 1.29 is 14.4 Å². The summed E-state index contributed by atoms with van der Waals surface area (Å²) < 4.78 is 0. The van der Waals surface area contributed by atoms with E-state index in [-0.39, 0.29) is 30.1 Å². The van der Waals surface area contributed by atoms with Gasteiger partial charge in [-0.15, -0.1) is 0 Å². The van der Waals surface area contributed by atoms with E-state index in [1.54, 1.807) is 14.7 Å². The van der Waals surface area contributed by atoms with E-state index in [0.29, 0.717) is 38.3 Å². The van der Waals surface area contributed by atoms with Crippen LogP contribution in [0.1, 0.15) is 29.3 Å². The Morgan fingerprint density at radius 1 is 0.900 bits per heavy atom. The molecule has 2 aromatic rings. The van der Waals surface area contributed by atoms with Gasteiger partial charge in [-0.2, -0.15) is 0 Å². The summed E-state index contributed by atoms with van der Waals surface area (Å²) in [6.45, 7) is 4.56. The minimum absolute atomic E-state index is 0.000412. The second-order valence-corrected chi connectivity index (χ2v) is 7.91. The Balaban J connectivity index is 1.34. The number of anilines is 1. The predicted molar refractivity (Wildman–Crippen MR) is 115 cm³/mol. The van der Waals surface area contributed by atoms with Crippen LogP contribution < -0.4 is 4.90 Å². The molecule has 0 unspecified atom stereocenters. The summed E-state index contributed by atoms with van der Waals surface area (Å²) in [4.78, 5) is 43.4. The van der Waals surface area contributed by atoms with E-state index in [1.807, 2.05) is 54.6 Å². The molecule has 2 heterocycles. The minimum Gasteiger partial charge on any atom is -0.339 e. The molecule has 2 fully saturated rings. The number of carbonyl (C=O) groups is 3. The summed E-state index contributed by atoms with van der Waals surface area (Å²) in [5, 5.41) is 0. The first kappa shape index (κ1) is 20.1. The number of rotatable bonds is 4. The molecule has 0 N–H and O–H groups in total. The van der Waals surface area contributed by atoms with Gasteiger partial charge in [-0.1, -0.05) is 37.3 Å². The lowest BCUT2D eigenvalue weighted by molar-refractivity contribution is -0.137. The first-order valence-electron chi connectivity index (χ1n) is 10.6. The molecule has 0 bridgehead atoms. The second kappa shape index (κ2) is 8.69. The van der Waals surface area contributed by atoms with Gasteiger partial charge < -0.3 is 14.7 Å².